The normalized spacial score (nSPS) is 33.2. The van der Waals surface area contributed by atoms with Crippen LogP contribution in [-0.4, -0.2) is 28.9 Å². The molecule has 1 fully saturated rings. The summed E-state index contributed by atoms with van der Waals surface area (Å²) in [5.41, 5.74) is 5.59. The molecule has 0 aromatic rings. The van der Waals surface area contributed by atoms with Crippen molar-refractivity contribution in [3.8, 4) is 12.3 Å². The summed E-state index contributed by atoms with van der Waals surface area (Å²) in [7, 11) is 0. The van der Waals surface area contributed by atoms with Gasteiger partial charge in [0, 0.05) is 0 Å². The molecule has 0 radical (unpaired) electrons. The van der Waals surface area contributed by atoms with Crippen molar-refractivity contribution in [3.63, 3.8) is 0 Å². The summed E-state index contributed by atoms with van der Waals surface area (Å²) < 4.78 is 0. The van der Waals surface area contributed by atoms with Gasteiger partial charge in [0.1, 0.15) is 11.4 Å². The van der Waals surface area contributed by atoms with Gasteiger partial charge in [-0.1, -0.05) is 25.7 Å². The summed E-state index contributed by atoms with van der Waals surface area (Å²) in [5, 5.41) is 0. The van der Waals surface area contributed by atoms with Gasteiger partial charge in [-0.2, -0.15) is 4.99 Å². The van der Waals surface area contributed by atoms with Crippen LogP contribution in [0.25, 0.3) is 0 Å². The standard InChI is InChI=1S/C12H17N3O/c1-3-8-15-11(16)14-10(13)12(15)7-5-6-9(12)4-2/h1,9H,4-8H2,2H3,(H2,13,14,16). The number of carbonyl (C=O) groups is 1. The van der Waals surface area contributed by atoms with Crippen LogP contribution in [0.5, 0.6) is 0 Å². The molecule has 1 heterocycles. The van der Waals surface area contributed by atoms with E-state index in [1.165, 1.54) is 0 Å². The molecule has 2 rings (SSSR count). The van der Waals surface area contributed by atoms with Crippen LogP contribution in [0, 0.1) is 18.3 Å². The number of hydrogen-bond donors (Lipinski definition) is 1. The van der Waals surface area contributed by atoms with Gasteiger partial charge in [0.25, 0.3) is 0 Å². The molecule has 1 saturated carbocycles. The molecular weight excluding hydrogens is 202 g/mol. The number of aliphatic imine (C=N–C) groups is 1. The average molecular weight is 219 g/mol. The van der Waals surface area contributed by atoms with Crippen molar-refractivity contribution in [2.75, 3.05) is 6.54 Å². The van der Waals surface area contributed by atoms with Crippen LogP contribution >= 0.6 is 0 Å². The van der Waals surface area contributed by atoms with Crippen LogP contribution in [0.3, 0.4) is 0 Å². The van der Waals surface area contributed by atoms with Crippen LogP contribution in [0.1, 0.15) is 32.6 Å². The van der Waals surface area contributed by atoms with E-state index >= 15 is 0 Å². The highest BCUT2D eigenvalue weighted by atomic mass is 16.2. The molecule has 0 aromatic heterocycles. The highest BCUT2D eigenvalue weighted by Gasteiger charge is 2.54. The first-order valence-corrected chi connectivity index (χ1v) is 5.76. The minimum absolute atomic E-state index is 0.268. The SMILES string of the molecule is C#CCN1C(=O)N=C(N)C12CCCC2CC. The molecule has 4 nitrogen and oxygen atoms in total. The molecule has 1 aliphatic heterocycles. The van der Waals surface area contributed by atoms with Crippen molar-refractivity contribution in [2.45, 2.75) is 38.1 Å². The van der Waals surface area contributed by atoms with Crippen molar-refractivity contribution in [1.82, 2.24) is 4.90 Å². The molecular formula is C12H17N3O. The fourth-order valence-electron chi connectivity index (χ4n) is 3.16. The highest BCUT2D eigenvalue weighted by Crippen LogP contribution is 2.45. The number of carbonyl (C=O) groups excluding carboxylic acids is 1. The van der Waals surface area contributed by atoms with E-state index in [1.54, 1.807) is 4.90 Å². The second-order valence-corrected chi connectivity index (χ2v) is 4.49. The second-order valence-electron chi connectivity index (χ2n) is 4.49. The lowest BCUT2D eigenvalue weighted by molar-refractivity contribution is 0.155. The Kier molecular flexibility index (Phi) is 2.63. The van der Waals surface area contributed by atoms with E-state index in [2.05, 4.69) is 17.8 Å². The fraction of sp³-hybridized carbons (Fsp3) is 0.667. The first kappa shape index (κ1) is 11.0. The Labute approximate surface area is 95.9 Å². The summed E-state index contributed by atoms with van der Waals surface area (Å²) >= 11 is 0. The van der Waals surface area contributed by atoms with Gasteiger partial charge in [0.05, 0.1) is 6.54 Å². The molecule has 0 bridgehead atoms. The third-order valence-corrected chi connectivity index (χ3v) is 3.90. The molecule has 1 spiro atoms. The number of nitrogens with two attached hydrogens (primary N) is 1. The third-order valence-electron chi connectivity index (χ3n) is 3.90. The predicted molar refractivity (Wildman–Crippen MR) is 62.9 cm³/mol. The van der Waals surface area contributed by atoms with E-state index in [1.807, 2.05) is 0 Å². The molecule has 1 aliphatic carbocycles. The molecule has 2 atom stereocenters. The van der Waals surface area contributed by atoms with E-state index in [-0.39, 0.29) is 11.6 Å². The lowest BCUT2D eigenvalue weighted by atomic mass is 9.83. The zero-order valence-corrected chi connectivity index (χ0v) is 9.57. The van der Waals surface area contributed by atoms with Gasteiger partial charge in [-0.3, -0.25) is 4.90 Å². The van der Waals surface area contributed by atoms with Gasteiger partial charge in [0.2, 0.25) is 0 Å². The first-order chi connectivity index (χ1) is 7.66. The van der Waals surface area contributed by atoms with Gasteiger partial charge in [-0.05, 0) is 18.8 Å². The number of terminal acetylenes is 1. The van der Waals surface area contributed by atoms with E-state index in [4.69, 9.17) is 12.2 Å². The second kappa shape index (κ2) is 3.82. The van der Waals surface area contributed by atoms with Gasteiger partial charge in [-0.25, -0.2) is 4.79 Å². The first-order valence-electron chi connectivity index (χ1n) is 5.76. The number of nitrogens with zero attached hydrogens (tertiary/aromatic N) is 2. The Bertz CT molecular complexity index is 382. The minimum atomic E-state index is -0.377. The zero-order valence-electron chi connectivity index (χ0n) is 9.57. The van der Waals surface area contributed by atoms with Gasteiger partial charge >= 0.3 is 6.03 Å². The van der Waals surface area contributed by atoms with Gasteiger partial charge in [-0.15, -0.1) is 6.42 Å². The van der Waals surface area contributed by atoms with E-state index < -0.39 is 0 Å². The summed E-state index contributed by atoms with van der Waals surface area (Å²) in [4.78, 5) is 17.4. The Balaban J connectivity index is 2.39. The molecule has 4 heteroatoms. The molecule has 86 valence electrons. The van der Waals surface area contributed by atoms with Crippen LogP contribution < -0.4 is 5.73 Å². The summed E-state index contributed by atoms with van der Waals surface area (Å²) in [6, 6.07) is -0.268. The number of rotatable bonds is 2. The van der Waals surface area contributed by atoms with Crippen molar-refractivity contribution in [1.29, 1.82) is 0 Å². The number of urea groups is 1. The van der Waals surface area contributed by atoms with Crippen LogP contribution in [0.15, 0.2) is 4.99 Å². The highest BCUT2D eigenvalue weighted by molar-refractivity contribution is 6.06. The maximum Gasteiger partial charge on any atom is 0.346 e. The Morgan fingerprint density at radius 1 is 1.75 bits per heavy atom. The fourth-order valence-corrected chi connectivity index (χ4v) is 3.16. The van der Waals surface area contributed by atoms with Crippen LogP contribution in [0.2, 0.25) is 0 Å². The summed E-state index contributed by atoms with van der Waals surface area (Å²) in [6.07, 6.45) is 9.40. The lowest BCUT2D eigenvalue weighted by Gasteiger charge is -2.38. The van der Waals surface area contributed by atoms with E-state index in [0.717, 1.165) is 25.7 Å². The quantitative estimate of drug-likeness (QED) is 0.713. The average Bonchev–Trinajstić information content (AvgIpc) is 2.78. The molecule has 2 N–H and O–H groups in total. The maximum atomic E-state index is 11.8. The smallest absolute Gasteiger partial charge is 0.346 e. The number of amides is 2. The molecule has 16 heavy (non-hydrogen) atoms. The predicted octanol–water partition coefficient (Wildman–Crippen LogP) is 1.36. The summed E-state index contributed by atoms with van der Waals surface area (Å²) in [5.74, 6) is 3.40. The van der Waals surface area contributed by atoms with Crippen molar-refractivity contribution < 1.29 is 4.79 Å². The molecule has 0 aromatic carbocycles. The van der Waals surface area contributed by atoms with Crippen LogP contribution in [0.4, 0.5) is 4.79 Å². The maximum absolute atomic E-state index is 11.8. The molecule has 0 saturated heterocycles. The number of hydrogen-bond acceptors (Lipinski definition) is 2. The minimum Gasteiger partial charge on any atom is -0.385 e. The Hall–Kier alpha value is -1.50. The van der Waals surface area contributed by atoms with Crippen LogP contribution in [-0.2, 0) is 0 Å². The monoisotopic (exact) mass is 219 g/mol. The van der Waals surface area contributed by atoms with Gasteiger partial charge in [0.15, 0.2) is 0 Å². The third kappa shape index (κ3) is 1.24. The Morgan fingerprint density at radius 2 is 2.50 bits per heavy atom. The molecule has 2 amide bonds. The van der Waals surface area contributed by atoms with Crippen molar-refractivity contribution in [2.24, 2.45) is 16.6 Å². The van der Waals surface area contributed by atoms with Crippen molar-refractivity contribution >= 4 is 11.9 Å². The summed E-state index contributed by atoms with van der Waals surface area (Å²) in [6.45, 7) is 2.43. The van der Waals surface area contributed by atoms with E-state index in [0.29, 0.717) is 18.3 Å². The Morgan fingerprint density at radius 3 is 3.12 bits per heavy atom. The zero-order chi connectivity index (χ0) is 11.8. The van der Waals surface area contributed by atoms with E-state index in [9.17, 15) is 4.79 Å². The lowest BCUT2D eigenvalue weighted by Crippen LogP contribution is -2.56. The topological polar surface area (TPSA) is 58.7 Å². The molecule has 2 unspecified atom stereocenters. The largest absolute Gasteiger partial charge is 0.385 e. The van der Waals surface area contributed by atoms with Gasteiger partial charge < -0.3 is 5.73 Å². The molecule has 2 aliphatic rings. The van der Waals surface area contributed by atoms with Crippen molar-refractivity contribution in [3.05, 3.63) is 0 Å². The number of amidine groups is 1.